The molecule has 1 aliphatic rings. The lowest BCUT2D eigenvalue weighted by Gasteiger charge is -2.27. The van der Waals surface area contributed by atoms with E-state index >= 15 is 0 Å². The lowest BCUT2D eigenvalue weighted by atomic mass is 10.2. The van der Waals surface area contributed by atoms with E-state index in [2.05, 4.69) is 4.98 Å². The second-order valence-corrected chi connectivity index (χ2v) is 5.27. The molecule has 7 heteroatoms. The molecule has 1 aliphatic heterocycles. The van der Waals surface area contributed by atoms with Crippen molar-refractivity contribution >= 4 is 28.4 Å². The molecule has 0 spiro atoms. The van der Waals surface area contributed by atoms with Gasteiger partial charge in [0.2, 0.25) is 5.91 Å². The zero-order valence-electron chi connectivity index (χ0n) is 11.3. The Morgan fingerprint density at radius 1 is 1.33 bits per heavy atom. The number of halogens is 1. The summed E-state index contributed by atoms with van der Waals surface area (Å²) < 4.78 is 6.53. The van der Waals surface area contributed by atoms with Crippen LogP contribution >= 0.6 is 11.6 Å². The molecule has 0 atom stereocenters. The SMILES string of the molecule is O=C(Cn1cnc2cc(Cl)ccc2c1=O)N1CCOCC1. The molecule has 0 N–H and O–H groups in total. The summed E-state index contributed by atoms with van der Waals surface area (Å²) in [5.41, 5.74) is 0.292. The average Bonchev–Trinajstić information content (AvgIpc) is 2.51. The summed E-state index contributed by atoms with van der Waals surface area (Å²) >= 11 is 5.88. The molecule has 1 aromatic heterocycles. The van der Waals surface area contributed by atoms with Gasteiger partial charge in [-0.25, -0.2) is 4.98 Å². The van der Waals surface area contributed by atoms with Crippen molar-refractivity contribution < 1.29 is 9.53 Å². The van der Waals surface area contributed by atoms with Crippen LogP contribution in [0.5, 0.6) is 0 Å². The zero-order valence-corrected chi connectivity index (χ0v) is 12.0. The molecule has 0 bridgehead atoms. The minimum absolute atomic E-state index is 0.00952. The molecule has 0 radical (unpaired) electrons. The summed E-state index contributed by atoms with van der Waals surface area (Å²) in [6.07, 6.45) is 1.39. The van der Waals surface area contributed by atoms with Gasteiger partial charge >= 0.3 is 0 Å². The minimum Gasteiger partial charge on any atom is -0.378 e. The Hall–Kier alpha value is -1.92. The average molecular weight is 308 g/mol. The van der Waals surface area contributed by atoms with Gasteiger partial charge in [-0.3, -0.25) is 14.2 Å². The van der Waals surface area contributed by atoms with Crippen LogP contribution in [-0.4, -0.2) is 46.7 Å². The molecule has 0 unspecified atom stereocenters. The van der Waals surface area contributed by atoms with Crippen LogP contribution in [0.2, 0.25) is 5.02 Å². The first-order valence-electron chi connectivity index (χ1n) is 6.65. The fraction of sp³-hybridized carbons (Fsp3) is 0.357. The third-order valence-corrected chi connectivity index (χ3v) is 3.69. The molecule has 2 aromatic rings. The first-order chi connectivity index (χ1) is 10.1. The van der Waals surface area contributed by atoms with Crippen LogP contribution in [0.3, 0.4) is 0 Å². The van der Waals surface area contributed by atoms with Crippen LogP contribution in [0.25, 0.3) is 10.9 Å². The number of amides is 1. The molecule has 2 heterocycles. The highest BCUT2D eigenvalue weighted by atomic mass is 35.5. The molecule has 21 heavy (non-hydrogen) atoms. The van der Waals surface area contributed by atoms with E-state index in [0.29, 0.717) is 42.2 Å². The van der Waals surface area contributed by atoms with Crippen LogP contribution in [-0.2, 0) is 16.1 Å². The van der Waals surface area contributed by atoms with Gasteiger partial charge in [-0.15, -0.1) is 0 Å². The predicted molar refractivity (Wildman–Crippen MR) is 78.4 cm³/mol. The first kappa shape index (κ1) is 14.0. The van der Waals surface area contributed by atoms with Crippen LogP contribution in [0.1, 0.15) is 0 Å². The third-order valence-electron chi connectivity index (χ3n) is 3.46. The molecule has 1 saturated heterocycles. The maximum absolute atomic E-state index is 12.3. The maximum Gasteiger partial charge on any atom is 0.261 e. The number of benzene rings is 1. The largest absolute Gasteiger partial charge is 0.378 e. The summed E-state index contributed by atoms with van der Waals surface area (Å²) in [6.45, 7) is 2.18. The summed E-state index contributed by atoms with van der Waals surface area (Å²) in [6, 6.07) is 4.90. The minimum atomic E-state index is -0.238. The molecular weight excluding hydrogens is 294 g/mol. The Morgan fingerprint density at radius 3 is 2.86 bits per heavy atom. The van der Waals surface area contributed by atoms with E-state index in [0.717, 1.165) is 0 Å². The Morgan fingerprint density at radius 2 is 2.10 bits per heavy atom. The molecule has 1 amide bonds. The van der Waals surface area contributed by atoms with Gasteiger partial charge < -0.3 is 9.64 Å². The summed E-state index contributed by atoms with van der Waals surface area (Å²) in [4.78, 5) is 30.4. The second kappa shape index (κ2) is 5.83. The van der Waals surface area contributed by atoms with E-state index < -0.39 is 0 Å². The first-order valence-corrected chi connectivity index (χ1v) is 7.03. The lowest BCUT2D eigenvalue weighted by Crippen LogP contribution is -2.43. The van der Waals surface area contributed by atoms with Crippen LogP contribution in [0.15, 0.2) is 29.3 Å². The van der Waals surface area contributed by atoms with Gasteiger partial charge in [-0.2, -0.15) is 0 Å². The Kier molecular flexibility index (Phi) is 3.90. The van der Waals surface area contributed by atoms with Gasteiger partial charge in [0.1, 0.15) is 6.54 Å². The molecule has 1 fully saturated rings. The number of carbonyl (C=O) groups excluding carboxylic acids is 1. The van der Waals surface area contributed by atoms with Crippen LogP contribution in [0, 0.1) is 0 Å². The normalized spacial score (nSPS) is 15.4. The molecular formula is C14H14ClN3O3. The summed E-state index contributed by atoms with van der Waals surface area (Å²) in [7, 11) is 0. The molecule has 3 rings (SSSR count). The lowest BCUT2D eigenvalue weighted by molar-refractivity contribution is -0.135. The predicted octanol–water partition coefficient (Wildman–Crippen LogP) is 0.909. The van der Waals surface area contributed by atoms with Crippen molar-refractivity contribution in [2.75, 3.05) is 26.3 Å². The highest BCUT2D eigenvalue weighted by molar-refractivity contribution is 6.31. The molecule has 110 valence electrons. The number of rotatable bonds is 2. The standard InChI is InChI=1S/C14H14ClN3O3/c15-10-1-2-11-12(7-10)16-9-18(14(11)20)8-13(19)17-3-5-21-6-4-17/h1-2,7,9H,3-6,8H2. The van der Waals surface area contributed by atoms with Crippen molar-refractivity contribution in [2.45, 2.75) is 6.54 Å². The summed E-state index contributed by atoms with van der Waals surface area (Å²) in [5, 5.41) is 0.980. The van der Waals surface area contributed by atoms with E-state index in [1.165, 1.54) is 10.9 Å². The van der Waals surface area contributed by atoms with Gasteiger partial charge in [0.05, 0.1) is 30.4 Å². The number of morpholine rings is 1. The van der Waals surface area contributed by atoms with Crippen molar-refractivity contribution in [2.24, 2.45) is 0 Å². The van der Waals surface area contributed by atoms with Gasteiger partial charge in [-0.1, -0.05) is 11.6 Å². The Bertz CT molecular complexity index is 738. The number of nitrogens with zero attached hydrogens (tertiary/aromatic N) is 3. The second-order valence-electron chi connectivity index (χ2n) is 4.83. The number of hydrogen-bond donors (Lipinski definition) is 0. The summed E-state index contributed by atoms with van der Waals surface area (Å²) in [5.74, 6) is -0.101. The quantitative estimate of drug-likeness (QED) is 0.827. The van der Waals surface area contributed by atoms with Crippen LogP contribution in [0.4, 0.5) is 0 Å². The fourth-order valence-corrected chi connectivity index (χ4v) is 2.47. The Labute approximate surface area is 125 Å². The number of fused-ring (bicyclic) bond motifs is 1. The zero-order chi connectivity index (χ0) is 14.8. The van der Waals surface area contributed by atoms with Gasteiger partial charge in [0.25, 0.3) is 5.56 Å². The molecule has 6 nitrogen and oxygen atoms in total. The van der Waals surface area contributed by atoms with Crippen molar-refractivity contribution in [1.29, 1.82) is 0 Å². The molecule has 0 saturated carbocycles. The van der Waals surface area contributed by atoms with Gasteiger partial charge in [0, 0.05) is 18.1 Å². The number of hydrogen-bond acceptors (Lipinski definition) is 4. The highest BCUT2D eigenvalue weighted by Crippen LogP contribution is 2.14. The monoisotopic (exact) mass is 307 g/mol. The number of carbonyl (C=O) groups is 1. The van der Waals surface area contributed by atoms with Crippen molar-refractivity contribution in [3.05, 3.63) is 39.9 Å². The van der Waals surface area contributed by atoms with Gasteiger partial charge in [0.15, 0.2) is 0 Å². The fourth-order valence-electron chi connectivity index (χ4n) is 2.30. The number of aromatic nitrogens is 2. The van der Waals surface area contributed by atoms with E-state index in [9.17, 15) is 9.59 Å². The topological polar surface area (TPSA) is 64.4 Å². The third kappa shape index (κ3) is 2.91. The number of ether oxygens (including phenoxy) is 1. The van der Waals surface area contributed by atoms with Crippen molar-refractivity contribution in [1.82, 2.24) is 14.5 Å². The molecule has 1 aromatic carbocycles. The van der Waals surface area contributed by atoms with E-state index in [4.69, 9.17) is 16.3 Å². The van der Waals surface area contributed by atoms with E-state index in [1.807, 2.05) is 0 Å². The smallest absolute Gasteiger partial charge is 0.261 e. The van der Waals surface area contributed by atoms with Crippen molar-refractivity contribution in [3.8, 4) is 0 Å². The van der Waals surface area contributed by atoms with Crippen LogP contribution < -0.4 is 5.56 Å². The van der Waals surface area contributed by atoms with E-state index in [-0.39, 0.29) is 18.0 Å². The molecule has 0 aliphatic carbocycles. The van der Waals surface area contributed by atoms with Gasteiger partial charge in [-0.05, 0) is 18.2 Å². The highest BCUT2D eigenvalue weighted by Gasteiger charge is 2.18. The van der Waals surface area contributed by atoms with E-state index in [1.54, 1.807) is 23.1 Å². The Balaban J connectivity index is 1.87. The maximum atomic E-state index is 12.3. The van der Waals surface area contributed by atoms with Crippen molar-refractivity contribution in [3.63, 3.8) is 0 Å².